The molecule has 3 aromatic carbocycles. The van der Waals surface area contributed by atoms with Crippen molar-refractivity contribution in [2.45, 2.75) is 45.2 Å². The Morgan fingerprint density at radius 1 is 0.867 bits per heavy atom. The molecule has 3 nitrogen and oxygen atoms in total. The van der Waals surface area contributed by atoms with Crippen LogP contribution in [0.1, 0.15) is 38.2 Å². The average Bonchev–Trinajstić information content (AvgIpc) is 3.10. The minimum atomic E-state index is 0.388. The number of rotatable bonds is 4. The van der Waals surface area contributed by atoms with Crippen molar-refractivity contribution >= 4 is 21.8 Å². The van der Waals surface area contributed by atoms with Crippen molar-refractivity contribution in [1.82, 2.24) is 9.47 Å². The van der Waals surface area contributed by atoms with E-state index in [0.717, 1.165) is 28.8 Å². The van der Waals surface area contributed by atoms with Crippen LogP contribution in [0.15, 0.2) is 66.7 Å². The molecule has 1 N–H and O–H groups in total. The first-order valence-electron chi connectivity index (χ1n) is 11.1. The normalized spacial score (nSPS) is 19.7. The summed E-state index contributed by atoms with van der Waals surface area (Å²) in [6.45, 7) is 3.14. The monoisotopic (exact) mass is 398 g/mol. The summed E-state index contributed by atoms with van der Waals surface area (Å²) >= 11 is 0. The zero-order chi connectivity index (χ0) is 20.7. The van der Waals surface area contributed by atoms with Crippen LogP contribution in [0, 0.1) is 5.92 Å². The van der Waals surface area contributed by atoms with Crippen LogP contribution in [0.3, 0.4) is 0 Å². The summed E-state index contributed by atoms with van der Waals surface area (Å²) in [6, 6.07) is 23.6. The van der Waals surface area contributed by atoms with E-state index in [-0.39, 0.29) is 0 Å². The molecule has 2 atom stereocenters. The van der Waals surface area contributed by atoms with Crippen LogP contribution in [-0.2, 0) is 6.54 Å². The molecule has 1 aliphatic carbocycles. The van der Waals surface area contributed by atoms with Crippen LogP contribution in [0.2, 0.25) is 0 Å². The van der Waals surface area contributed by atoms with Crippen molar-refractivity contribution in [3.63, 3.8) is 0 Å². The molecular formula is C27H30N2O. The van der Waals surface area contributed by atoms with Gasteiger partial charge < -0.3 is 9.67 Å². The molecule has 0 radical (unpaired) electrons. The molecule has 0 amide bonds. The topological polar surface area (TPSA) is 28.4 Å². The lowest BCUT2D eigenvalue weighted by atomic mass is 9.85. The molecule has 0 saturated heterocycles. The smallest absolute Gasteiger partial charge is 0.144 e. The largest absolute Gasteiger partial charge is 0.505 e. The molecule has 1 heterocycles. The van der Waals surface area contributed by atoms with Gasteiger partial charge in [-0.2, -0.15) is 0 Å². The maximum absolute atomic E-state index is 11.3. The van der Waals surface area contributed by atoms with Gasteiger partial charge in [0.1, 0.15) is 5.75 Å². The van der Waals surface area contributed by atoms with Crippen molar-refractivity contribution in [3.05, 3.63) is 72.3 Å². The summed E-state index contributed by atoms with van der Waals surface area (Å²) in [7, 11) is 2.21. The van der Waals surface area contributed by atoms with Crippen LogP contribution in [0.5, 0.6) is 5.75 Å². The minimum Gasteiger partial charge on any atom is -0.505 e. The Kier molecular flexibility index (Phi) is 5.00. The zero-order valence-electron chi connectivity index (χ0n) is 17.9. The minimum absolute atomic E-state index is 0.388. The molecule has 2 unspecified atom stereocenters. The molecule has 30 heavy (non-hydrogen) atoms. The molecule has 1 aliphatic rings. The third kappa shape index (κ3) is 3.18. The van der Waals surface area contributed by atoms with E-state index in [9.17, 15) is 5.11 Å². The Hall–Kier alpha value is -2.78. The Balaban J connectivity index is 1.58. The molecule has 4 aromatic rings. The molecule has 1 fully saturated rings. The van der Waals surface area contributed by atoms with Gasteiger partial charge in [-0.05, 0) is 44.0 Å². The third-order valence-electron chi connectivity index (χ3n) is 6.97. The van der Waals surface area contributed by atoms with Gasteiger partial charge in [0.15, 0.2) is 0 Å². The first-order chi connectivity index (χ1) is 14.6. The number of fused-ring (bicyclic) bond motifs is 3. The number of phenols is 1. The van der Waals surface area contributed by atoms with E-state index in [2.05, 4.69) is 84.1 Å². The molecule has 1 aromatic heterocycles. The lowest BCUT2D eigenvalue weighted by Crippen LogP contribution is -2.38. The number of phenolic OH excluding ortho intramolecular Hbond substituents is 1. The maximum atomic E-state index is 11.3. The average molecular weight is 399 g/mol. The molecule has 154 valence electrons. The van der Waals surface area contributed by atoms with Crippen molar-refractivity contribution in [2.24, 2.45) is 5.92 Å². The van der Waals surface area contributed by atoms with E-state index in [0.29, 0.717) is 17.7 Å². The fourth-order valence-electron chi connectivity index (χ4n) is 5.41. The predicted molar refractivity (Wildman–Crippen MR) is 125 cm³/mol. The summed E-state index contributed by atoms with van der Waals surface area (Å²) in [5.74, 6) is 1.10. The summed E-state index contributed by atoms with van der Waals surface area (Å²) in [5, 5.41) is 13.8. The van der Waals surface area contributed by atoms with Gasteiger partial charge in [-0.1, -0.05) is 68.3 Å². The second-order valence-corrected chi connectivity index (χ2v) is 8.90. The number of aromatic nitrogens is 1. The number of para-hydroxylation sites is 3. The van der Waals surface area contributed by atoms with Crippen molar-refractivity contribution in [2.75, 3.05) is 7.05 Å². The Morgan fingerprint density at radius 2 is 1.50 bits per heavy atom. The predicted octanol–water partition coefficient (Wildman–Crippen LogP) is 6.50. The zero-order valence-corrected chi connectivity index (χ0v) is 17.9. The Labute approximate surface area is 178 Å². The highest BCUT2D eigenvalue weighted by molar-refractivity contribution is 6.09. The quantitative estimate of drug-likeness (QED) is 0.425. The van der Waals surface area contributed by atoms with Gasteiger partial charge in [-0.3, -0.25) is 4.90 Å². The first-order valence-corrected chi connectivity index (χ1v) is 11.1. The van der Waals surface area contributed by atoms with Gasteiger partial charge in [0.25, 0.3) is 0 Å². The molecule has 0 bridgehead atoms. The van der Waals surface area contributed by atoms with Crippen LogP contribution >= 0.6 is 0 Å². The molecule has 0 spiro atoms. The van der Waals surface area contributed by atoms with E-state index in [1.165, 1.54) is 36.5 Å². The van der Waals surface area contributed by atoms with E-state index in [1.54, 1.807) is 0 Å². The van der Waals surface area contributed by atoms with Crippen molar-refractivity contribution < 1.29 is 5.11 Å². The van der Waals surface area contributed by atoms with Gasteiger partial charge in [0.2, 0.25) is 0 Å². The lowest BCUT2D eigenvalue weighted by molar-refractivity contribution is 0.132. The highest BCUT2D eigenvalue weighted by Crippen LogP contribution is 2.37. The maximum Gasteiger partial charge on any atom is 0.144 e. The van der Waals surface area contributed by atoms with Crippen LogP contribution in [0.4, 0.5) is 0 Å². The fraction of sp³-hybridized carbons (Fsp3) is 0.333. The van der Waals surface area contributed by atoms with Crippen molar-refractivity contribution in [1.29, 1.82) is 0 Å². The highest BCUT2D eigenvalue weighted by atomic mass is 16.3. The number of hydrogen-bond acceptors (Lipinski definition) is 2. The third-order valence-corrected chi connectivity index (χ3v) is 6.97. The highest BCUT2D eigenvalue weighted by Gasteiger charge is 2.26. The van der Waals surface area contributed by atoms with E-state index in [1.807, 2.05) is 6.07 Å². The van der Waals surface area contributed by atoms with Crippen LogP contribution in [-0.4, -0.2) is 27.7 Å². The lowest BCUT2D eigenvalue weighted by Gasteiger charge is -2.36. The fourth-order valence-corrected chi connectivity index (χ4v) is 5.41. The van der Waals surface area contributed by atoms with Gasteiger partial charge in [-0.15, -0.1) is 0 Å². The molecule has 5 rings (SSSR count). The van der Waals surface area contributed by atoms with Crippen LogP contribution < -0.4 is 0 Å². The second-order valence-electron chi connectivity index (χ2n) is 8.90. The van der Waals surface area contributed by atoms with Crippen molar-refractivity contribution in [3.8, 4) is 11.4 Å². The van der Waals surface area contributed by atoms with Gasteiger partial charge in [0, 0.05) is 28.9 Å². The molecule has 0 aliphatic heterocycles. The Morgan fingerprint density at radius 3 is 2.17 bits per heavy atom. The molecular weight excluding hydrogens is 368 g/mol. The number of aromatic hydroxyl groups is 1. The molecule has 1 saturated carbocycles. The second kappa shape index (κ2) is 7.81. The first kappa shape index (κ1) is 19.2. The standard InChI is InChI=1S/C27H30N2O/c1-19-10-3-6-14-23(19)28(2)18-20-11-9-17-26(27(20)30)29-24-15-7-4-12-21(24)22-13-5-8-16-25(22)29/h4-5,7-9,11-13,15-17,19,23,30H,3,6,10,14,18H2,1-2H3. The van der Waals surface area contributed by atoms with E-state index in [4.69, 9.17) is 0 Å². The number of nitrogens with zero attached hydrogens (tertiary/aromatic N) is 2. The summed E-state index contributed by atoms with van der Waals surface area (Å²) < 4.78 is 2.20. The molecule has 3 heteroatoms. The summed E-state index contributed by atoms with van der Waals surface area (Å²) in [6.07, 6.45) is 5.22. The van der Waals surface area contributed by atoms with E-state index >= 15 is 0 Å². The van der Waals surface area contributed by atoms with Gasteiger partial charge in [-0.25, -0.2) is 0 Å². The van der Waals surface area contributed by atoms with Gasteiger partial charge >= 0.3 is 0 Å². The summed E-state index contributed by atoms with van der Waals surface area (Å²) in [4.78, 5) is 2.44. The van der Waals surface area contributed by atoms with Gasteiger partial charge in [0.05, 0.1) is 16.7 Å². The SMILES string of the molecule is CC1CCCCC1N(C)Cc1cccc(-n2c3ccccc3c3ccccc32)c1O. The number of benzene rings is 3. The Bertz CT molecular complexity index is 1140. The van der Waals surface area contributed by atoms with E-state index < -0.39 is 0 Å². The number of hydrogen-bond donors (Lipinski definition) is 1. The summed E-state index contributed by atoms with van der Waals surface area (Å²) in [5.41, 5.74) is 4.10. The van der Waals surface area contributed by atoms with Crippen LogP contribution in [0.25, 0.3) is 27.5 Å².